The van der Waals surface area contributed by atoms with Crippen LogP contribution >= 0.6 is 0 Å². The third-order valence-corrected chi connectivity index (χ3v) is 6.05. The molecule has 0 N–H and O–H groups in total. The first kappa shape index (κ1) is 23.7. The lowest BCUT2D eigenvalue weighted by Crippen LogP contribution is -2.37. The Kier molecular flexibility index (Phi) is 12.5. The molecule has 0 saturated carbocycles. The minimum Gasteiger partial charge on any atom is -0.234 e. The van der Waals surface area contributed by atoms with Crippen molar-refractivity contribution in [3.8, 4) is 0 Å². The molecule has 0 amide bonds. The van der Waals surface area contributed by atoms with E-state index < -0.39 is 0 Å². The van der Waals surface area contributed by atoms with Crippen molar-refractivity contribution in [2.24, 2.45) is 0 Å². The van der Waals surface area contributed by atoms with Crippen LogP contribution in [-0.4, -0.2) is 4.57 Å². The van der Waals surface area contributed by atoms with Gasteiger partial charge in [0.05, 0.1) is 13.1 Å². The molecule has 162 valence electrons. The summed E-state index contributed by atoms with van der Waals surface area (Å²) in [6, 6.07) is 10.9. The van der Waals surface area contributed by atoms with Gasteiger partial charge in [0.25, 0.3) is 5.82 Å². The SMILES string of the molecule is CCCCCCCCn1cc[n+](CCCc2ccccc2)c1CCCCCCC. The van der Waals surface area contributed by atoms with E-state index in [2.05, 4.69) is 65.7 Å². The second-order valence-corrected chi connectivity index (χ2v) is 8.62. The van der Waals surface area contributed by atoms with Crippen LogP contribution in [-0.2, 0) is 25.9 Å². The van der Waals surface area contributed by atoms with E-state index in [0.717, 1.165) is 6.54 Å². The fraction of sp³-hybridized carbons (Fsp3) is 0.667. The van der Waals surface area contributed by atoms with Crippen molar-refractivity contribution in [2.45, 2.75) is 117 Å². The number of unbranched alkanes of at least 4 members (excludes halogenated alkanes) is 9. The van der Waals surface area contributed by atoms with E-state index >= 15 is 0 Å². The smallest absolute Gasteiger partial charge is 0.234 e. The second-order valence-electron chi connectivity index (χ2n) is 8.62. The summed E-state index contributed by atoms with van der Waals surface area (Å²) >= 11 is 0. The summed E-state index contributed by atoms with van der Waals surface area (Å²) in [5, 5.41) is 0. The highest BCUT2D eigenvalue weighted by Crippen LogP contribution is 2.11. The Hall–Kier alpha value is -1.57. The number of imidazole rings is 1. The second kappa shape index (κ2) is 15.3. The van der Waals surface area contributed by atoms with Crippen LogP contribution in [0.5, 0.6) is 0 Å². The standard InChI is InChI=1S/C27H45N2/c1-3-5-7-9-11-16-22-28-24-25-29(27(28)21-15-10-8-6-4-2)23-17-20-26-18-13-12-14-19-26/h12-14,18-19,24-25H,3-11,15-17,20-23H2,1-2H3/q+1. The summed E-state index contributed by atoms with van der Waals surface area (Å²) < 4.78 is 5.10. The number of rotatable bonds is 17. The average molecular weight is 398 g/mol. The van der Waals surface area contributed by atoms with Crippen LogP contribution in [0.3, 0.4) is 0 Å². The third-order valence-electron chi connectivity index (χ3n) is 6.05. The highest BCUT2D eigenvalue weighted by atomic mass is 15.1. The Morgan fingerprint density at radius 1 is 0.690 bits per heavy atom. The van der Waals surface area contributed by atoms with Gasteiger partial charge in [0.2, 0.25) is 0 Å². The number of hydrogen-bond donors (Lipinski definition) is 0. The van der Waals surface area contributed by atoms with Crippen molar-refractivity contribution in [1.82, 2.24) is 4.57 Å². The lowest BCUT2D eigenvalue weighted by Gasteiger charge is -2.07. The van der Waals surface area contributed by atoms with Gasteiger partial charge in [0.15, 0.2) is 0 Å². The molecular weight excluding hydrogens is 352 g/mol. The molecule has 0 aliphatic rings. The summed E-state index contributed by atoms with van der Waals surface area (Å²) in [7, 11) is 0. The maximum Gasteiger partial charge on any atom is 0.256 e. The van der Waals surface area contributed by atoms with Gasteiger partial charge in [0.1, 0.15) is 12.4 Å². The minimum atomic E-state index is 1.14. The molecule has 1 aromatic carbocycles. The minimum absolute atomic E-state index is 1.14. The first-order valence-corrected chi connectivity index (χ1v) is 12.5. The van der Waals surface area contributed by atoms with Crippen LogP contribution in [0.25, 0.3) is 0 Å². The van der Waals surface area contributed by atoms with Crippen LogP contribution in [0.1, 0.15) is 102 Å². The van der Waals surface area contributed by atoms with Gasteiger partial charge in [-0.3, -0.25) is 0 Å². The summed E-state index contributed by atoms with van der Waals surface area (Å²) in [5.41, 5.74) is 1.46. The van der Waals surface area contributed by atoms with Gasteiger partial charge >= 0.3 is 0 Å². The summed E-state index contributed by atoms with van der Waals surface area (Å²) in [5.74, 6) is 1.56. The van der Waals surface area contributed by atoms with E-state index in [-0.39, 0.29) is 0 Å². The molecule has 2 nitrogen and oxygen atoms in total. The van der Waals surface area contributed by atoms with Gasteiger partial charge in [-0.1, -0.05) is 95.5 Å². The molecular formula is C27H45N2+. The van der Waals surface area contributed by atoms with Crippen molar-refractivity contribution in [2.75, 3.05) is 0 Å². The van der Waals surface area contributed by atoms with Crippen LogP contribution in [0.2, 0.25) is 0 Å². The zero-order chi connectivity index (χ0) is 20.6. The van der Waals surface area contributed by atoms with E-state index in [9.17, 15) is 0 Å². The lowest BCUT2D eigenvalue weighted by molar-refractivity contribution is -0.704. The molecule has 0 fully saturated rings. The van der Waals surface area contributed by atoms with Gasteiger partial charge in [-0.25, -0.2) is 9.13 Å². The Morgan fingerprint density at radius 3 is 2.07 bits per heavy atom. The fourth-order valence-corrected chi connectivity index (χ4v) is 4.24. The van der Waals surface area contributed by atoms with Crippen LogP contribution in [0.15, 0.2) is 42.7 Å². The Labute approximate surface area is 180 Å². The monoisotopic (exact) mass is 397 g/mol. The third kappa shape index (κ3) is 9.65. The maximum atomic E-state index is 2.56. The van der Waals surface area contributed by atoms with Crippen molar-refractivity contribution in [3.05, 3.63) is 54.1 Å². The Bertz CT molecular complexity index is 629. The first-order chi connectivity index (χ1) is 14.3. The molecule has 1 aromatic heterocycles. The number of aryl methyl sites for hydroxylation is 3. The van der Waals surface area contributed by atoms with E-state index in [1.165, 1.54) is 102 Å². The summed E-state index contributed by atoms with van der Waals surface area (Å²) in [4.78, 5) is 0. The van der Waals surface area contributed by atoms with Crippen molar-refractivity contribution in [3.63, 3.8) is 0 Å². The van der Waals surface area contributed by atoms with Crippen LogP contribution in [0.4, 0.5) is 0 Å². The van der Waals surface area contributed by atoms with E-state index in [1.807, 2.05) is 0 Å². The van der Waals surface area contributed by atoms with E-state index in [1.54, 1.807) is 5.82 Å². The van der Waals surface area contributed by atoms with Crippen LogP contribution in [0, 0.1) is 0 Å². The van der Waals surface area contributed by atoms with Gasteiger partial charge in [-0.2, -0.15) is 0 Å². The highest BCUT2D eigenvalue weighted by molar-refractivity contribution is 5.14. The molecule has 0 aliphatic heterocycles. The molecule has 0 radical (unpaired) electrons. The molecule has 2 rings (SSSR count). The molecule has 1 heterocycles. The van der Waals surface area contributed by atoms with E-state index in [0.29, 0.717) is 0 Å². The molecule has 2 aromatic rings. The van der Waals surface area contributed by atoms with Crippen molar-refractivity contribution >= 4 is 0 Å². The predicted molar refractivity (Wildman–Crippen MR) is 125 cm³/mol. The predicted octanol–water partition coefficient (Wildman–Crippen LogP) is 7.28. The molecule has 0 bridgehead atoms. The number of benzene rings is 1. The first-order valence-electron chi connectivity index (χ1n) is 12.5. The molecule has 2 heteroatoms. The summed E-state index contributed by atoms with van der Waals surface area (Å²) in [6.45, 7) is 6.93. The largest absolute Gasteiger partial charge is 0.256 e. The molecule has 29 heavy (non-hydrogen) atoms. The number of hydrogen-bond acceptors (Lipinski definition) is 0. The molecule has 0 aliphatic carbocycles. The van der Waals surface area contributed by atoms with Gasteiger partial charge in [0, 0.05) is 6.42 Å². The zero-order valence-corrected chi connectivity index (χ0v) is 19.2. The van der Waals surface area contributed by atoms with Crippen LogP contribution < -0.4 is 4.57 Å². The normalized spacial score (nSPS) is 11.2. The van der Waals surface area contributed by atoms with Crippen molar-refractivity contribution in [1.29, 1.82) is 0 Å². The van der Waals surface area contributed by atoms with E-state index in [4.69, 9.17) is 0 Å². The number of aromatic nitrogens is 2. The molecule has 0 unspecified atom stereocenters. The Morgan fingerprint density at radius 2 is 1.34 bits per heavy atom. The maximum absolute atomic E-state index is 2.56. The topological polar surface area (TPSA) is 8.81 Å². The fourth-order valence-electron chi connectivity index (χ4n) is 4.24. The average Bonchev–Trinajstić information content (AvgIpc) is 3.13. The zero-order valence-electron chi connectivity index (χ0n) is 19.2. The van der Waals surface area contributed by atoms with Crippen molar-refractivity contribution < 1.29 is 4.57 Å². The quantitative estimate of drug-likeness (QED) is 0.196. The molecule has 0 spiro atoms. The molecule has 0 saturated heterocycles. The highest BCUT2D eigenvalue weighted by Gasteiger charge is 2.16. The molecule has 0 atom stereocenters. The number of nitrogens with zero attached hydrogens (tertiary/aromatic N) is 2. The summed E-state index contributed by atoms with van der Waals surface area (Å²) in [6.07, 6.45) is 23.4. The Balaban J connectivity index is 1.85. The van der Waals surface area contributed by atoms with Gasteiger partial charge in [-0.05, 0) is 37.7 Å². The lowest BCUT2D eigenvalue weighted by atomic mass is 10.1. The van der Waals surface area contributed by atoms with Gasteiger partial charge in [-0.15, -0.1) is 0 Å². The van der Waals surface area contributed by atoms with Gasteiger partial charge < -0.3 is 0 Å².